The van der Waals surface area contributed by atoms with E-state index in [-0.39, 0.29) is 16.7 Å². The number of pyridine rings is 3. The Morgan fingerprint density at radius 2 is 0.398 bits per heavy atom. The normalized spacial score (nSPS) is 11.5. The number of nitrogens with zero attached hydrogens (tertiary/aromatic N) is 9. The van der Waals surface area contributed by atoms with Crippen LogP contribution in [0.1, 0.15) is 16.7 Å². The highest BCUT2D eigenvalue weighted by Crippen LogP contribution is 2.46. The van der Waals surface area contributed by atoms with Crippen LogP contribution in [0.3, 0.4) is 0 Å². The van der Waals surface area contributed by atoms with E-state index in [9.17, 15) is 30.2 Å². The van der Waals surface area contributed by atoms with Crippen molar-refractivity contribution in [3.63, 3.8) is 0 Å². The molecule has 0 atom stereocenters. The Labute approximate surface area is 702 Å². The van der Waals surface area contributed by atoms with E-state index in [4.69, 9.17) is 15.0 Å². The monoisotopic (exact) mass is 1570 g/mol. The largest absolute Gasteiger partial charge is 0.268 e. The highest BCUT2D eigenvalue weighted by molar-refractivity contribution is 6.24. The van der Waals surface area contributed by atoms with Crippen molar-refractivity contribution in [1.82, 2.24) is 28.2 Å². The van der Waals surface area contributed by atoms with Crippen LogP contribution in [-0.2, 0) is 0 Å². The second-order valence-electron chi connectivity index (χ2n) is 30.7. The van der Waals surface area contributed by atoms with Gasteiger partial charge < -0.3 is 0 Å². The van der Waals surface area contributed by atoms with E-state index in [1.165, 1.54) is 0 Å². The van der Waals surface area contributed by atoms with Gasteiger partial charge in [-0.1, -0.05) is 291 Å². The minimum Gasteiger partial charge on any atom is -0.268 e. The summed E-state index contributed by atoms with van der Waals surface area (Å²) >= 11 is 0. The van der Waals surface area contributed by atoms with E-state index in [2.05, 4.69) is 127 Å². The minimum atomic E-state index is -0.140. The van der Waals surface area contributed by atoms with E-state index in [0.717, 1.165) is 182 Å². The smallest absolute Gasteiger partial charge is 0.264 e. The van der Waals surface area contributed by atoms with Crippen LogP contribution in [0.4, 0.5) is 0 Å². The van der Waals surface area contributed by atoms with Gasteiger partial charge in [-0.25, -0.2) is 15.0 Å². The lowest BCUT2D eigenvalue weighted by atomic mass is 9.91. The molecule has 0 unspecified atom stereocenters. The Morgan fingerprint density at radius 1 is 0.195 bits per heavy atom. The first-order chi connectivity index (χ1) is 60.7. The first-order valence-electron chi connectivity index (χ1n) is 40.5. The molecule has 18 aromatic carbocycles. The van der Waals surface area contributed by atoms with E-state index >= 15 is 0 Å². The molecule has 0 spiro atoms. The molecule has 0 radical (unpaired) electrons. The molecule has 0 amide bonds. The van der Waals surface area contributed by atoms with E-state index < -0.39 is 0 Å². The number of benzene rings is 18. The second kappa shape index (κ2) is 29.4. The Kier molecular flexibility index (Phi) is 17.2. The SMILES string of the molecule is N#Cc1ccc2c(=O)n3c4cc(-c5ccccc5)cc(-c5ccccc5)c4nc3c3ccc(-c4ccccc4)c1c23.N#Cc1ccc2c3c1c(-c1ccccc1)ccc3c(=O)n1c3cc(-c4ccccc4)cc(-c4ccccc4)c3nc21.N#Cc1ccc2c3c1c(-c1ccccc1)ccc3c(=O)n1c3cc(-c4ccccc4)cc(-c4ccccc4)c3nc21. The first-order valence-corrected chi connectivity index (χ1v) is 40.5. The quantitative estimate of drug-likeness (QED) is 0.136. The van der Waals surface area contributed by atoms with Crippen molar-refractivity contribution in [2.24, 2.45) is 0 Å². The van der Waals surface area contributed by atoms with Crippen LogP contribution in [0.15, 0.2) is 397 Å². The maximum Gasteiger partial charge on any atom is 0.264 e. The van der Waals surface area contributed by atoms with Gasteiger partial charge >= 0.3 is 0 Å². The van der Waals surface area contributed by atoms with Crippen molar-refractivity contribution >= 4 is 115 Å². The average Bonchev–Trinajstić information content (AvgIpc) is 1.58. The maximum atomic E-state index is 14.4. The molecule has 0 aliphatic carbocycles. The third-order valence-electron chi connectivity index (χ3n) is 24.0. The number of fused-ring (bicyclic) bond motifs is 12. The molecule has 12 nitrogen and oxygen atoms in total. The zero-order chi connectivity index (χ0) is 82.5. The van der Waals surface area contributed by atoms with Crippen LogP contribution in [0.2, 0.25) is 0 Å². The summed E-state index contributed by atoms with van der Waals surface area (Å²) in [5, 5.41) is 39.3. The minimum absolute atomic E-state index is 0.140. The first kappa shape index (κ1) is 72.1. The summed E-state index contributed by atoms with van der Waals surface area (Å²) in [7, 11) is 0. The molecule has 24 rings (SSSR count). The summed E-state index contributed by atoms with van der Waals surface area (Å²) in [4.78, 5) is 58.5. The fourth-order valence-electron chi connectivity index (χ4n) is 18.4. The summed E-state index contributed by atoms with van der Waals surface area (Å²) in [6, 6.07) is 134. The summed E-state index contributed by atoms with van der Waals surface area (Å²) in [5.41, 5.74) is 25.6. The Balaban J connectivity index is 0.000000110. The summed E-state index contributed by atoms with van der Waals surface area (Å²) in [6.07, 6.45) is 0. The van der Waals surface area contributed by atoms with Gasteiger partial charge in [0.1, 0.15) is 16.9 Å². The molecule has 0 saturated heterocycles. The van der Waals surface area contributed by atoms with Gasteiger partial charge in [0, 0.05) is 81.3 Å². The molecule has 0 aliphatic rings. The molecular formula is C111H63N9O3. The summed E-state index contributed by atoms with van der Waals surface area (Å²) in [5.74, 6) is 0. The lowest BCUT2D eigenvalue weighted by Gasteiger charge is -2.13. The molecule has 0 N–H and O–H groups in total. The van der Waals surface area contributed by atoms with Gasteiger partial charge in [-0.3, -0.25) is 27.6 Å². The molecule has 0 saturated carbocycles. The highest BCUT2D eigenvalue weighted by atomic mass is 16.1. The summed E-state index contributed by atoms with van der Waals surface area (Å²) < 4.78 is 5.25. The average molecular weight is 1570 g/mol. The van der Waals surface area contributed by atoms with Crippen LogP contribution in [-0.4, -0.2) is 28.2 Å². The Bertz CT molecular complexity index is 8000. The molecule has 123 heavy (non-hydrogen) atoms. The number of hydrogen-bond donors (Lipinski definition) is 0. The van der Waals surface area contributed by atoms with Crippen LogP contribution in [0.5, 0.6) is 0 Å². The number of rotatable bonds is 9. The van der Waals surface area contributed by atoms with E-state index in [1.54, 1.807) is 25.3 Å². The molecule has 24 aromatic rings. The standard InChI is InChI=1S/3C37H21N3O/c38-22-26-16-17-30-34-29(19-18-28(33(26)34)24-12-6-2-7-13-24)36-39-35-31(25-14-8-3-9-15-25)20-27(23-10-4-1-5-11-23)21-32(35)40(36)37(30)41;2*38-22-26-16-17-29-34-30(19-18-28(33(26)34)24-12-6-2-7-13-24)37(41)40-32-21-27(23-10-4-1-5-11-23)20-31(35(32)39-36(29)40)25-14-8-3-9-15-25/h3*1-21H. The van der Waals surface area contributed by atoms with E-state index in [0.29, 0.717) is 49.8 Å². The van der Waals surface area contributed by atoms with Gasteiger partial charge in [0.05, 0.1) is 68.0 Å². The number of imidazole rings is 3. The molecule has 0 bridgehead atoms. The number of aromatic nitrogens is 6. The van der Waals surface area contributed by atoms with E-state index in [1.807, 2.05) is 261 Å². The second-order valence-corrected chi connectivity index (χ2v) is 30.7. The molecule has 6 heterocycles. The fraction of sp³-hybridized carbons (Fsp3) is 0. The van der Waals surface area contributed by atoms with Gasteiger partial charge in [-0.2, -0.15) is 15.8 Å². The molecule has 0 fully saturated rings. The number of hydrogen-bond acceptors (Lipinski definition) is 9. The third kappa shape index (κ3) is 11.7. The van der Waals surface area contributed by atoms with Crippen molar-refractivity contribution < 1.29 is 0 Å². The summed E-state index contributed by atoms with van der Waals surface area (Å²) in [6.45, 7) is 0. The van der Waals surface area contributed by atoms with Crippen LogP contribution >= 0.6 is 0 Å². The van der Waals surface area contributed by atoms with Crippen molar-refractivity contribution in [2.45, 2.75) is 0 Å². The van der Waals surface area contributed by atoms with Gasteiger partial charge in [0.2, 0.25) is 0 Å². The molecule has 12 heteroatoms. The van der Waals surface area contributed by atoms with Gasteiger partial charge in [0.15, 0.2) is 0 Å². The lowest BCUT2D eigenvalue weighted by Crippen LogP contribution is -2.13. The fourth-order valence-corrected chi connectivity index (χ4v) is 18.4. The zero-order valence-corrected chi connectivity index (χ0v) is 65.6. The molecule has 6 aromatic heterocycles. The number of nitriles is 3. The Hall–Kier alpha value is -17.4. The lowest BCUT2D eigenvalue weighted by molar-refractivity contribution is 1.19. The van der Waals surface area contributed by atoms with Crippen LogP contribution in [0.25, 0.3) is 215 Å². The highest BCUT2D eigenvalue weighted by Gasteiger charge is 2.28. The Morgan fingerprint density at radius 3 is 0.634 bits per heavy atom. The topological polar surface area (TPSA) is 174 Å². The zero-order valence-electron chi connectivity index (χ0n) is 65.6. The predicted molar refractivity (Wildman–Crippen MR) is 499 cm³/mol. The van der Waals surface area contributed by atoms with Gasteiger partial charge in [0.25, 0.3) is 16.7 Å². The maximum absolute atomic E-state index is 14.4. The van der Waals surface area contributed by atoms with Crippen LogP contribution < -0.4 is 16.7 Å². The van der Waals surface area contributed by atoms with Crippen molar-refractivity contribution in [3.05, 3.63) is 430 Å². The van der Waals surface area contributed by atoms with Gasteiger partial charge in [-0.05, 0) is 174 Å². The van der Waals surface area contributed by atoms with Gasteiger partial charge in [-0.15, -0.1) is 0 Å². The molecule has 0 aliphatic heterocycles. The van der Waals surface area contributed by atoms with Crippen molar-refractivity contribution in [1.29, 1.82) is 15.8 Å². The van der Waals surface area contributed by atoms with Crippen molar-refractivity contribution in [2.75, 3.05) is 0 Å². The third-order valence-corrected chi connectivity index (χ3v) is 24.0. The molecular weight excluding hydrogens is 1510 g/mol. The molecule has 570 valence electrons. The predicted octanol–water partition coefficient (Wildman–Crippen LogP) is 25.4. The van der Waals surface area contributed by atoms with Crippen molar-refractivity contribution in [3.8, 4) is 118 Å². The van der Waals surface area contributed by atoms with Crippen LogP contribution in [0, 0.1) is 34.0 Å².